The molecule has 1 heterocycles. The summed E-state index contributed by atoms with van der Waals surface area (Å²) in [6, 6.07) is 5.09. The fourth-order valence-corrected chi connectivity index (χ4v) is 3.06. The molecule has 0 fully saturated rings. The first kappa shape index (κ1) is 15.3. The van der Waals surface area contributed by atoms with Gasteiger partial charge in [-0.3, -0.25) is 0 Å². The molecule has 0 amide bonds. The Kier molecular flexibility index (Phi) is 4.36. The number of hydrogen-bond donors (Lipinski definition) is 1. The van der Waals surface area contributed by atoms with Crippen molar-refractivity contribution in [2.75, 3.05) is 12.0 Å². The molecule has 1 atom stereocenters. The molecule has 1 aromatic heterocycles. The average Bonchev–Trinajstić information content (AvgIpc) is 2.72. The molecule has 1 unspecified atom stereocenters. The summed E-state index contributed by atoms with van der Waals surface area (Å²) in [5.74, 6) is 0.760. The molecule has 0 radical (unpaired) electrons. The van der Waals surface area contributed by atoms with Gasteiger partial charge in [0.15, 0.2) is 0 Å². The van der Waals surface area contributed by atoms with Gasteiger partial charge in [0, 0.05) is 17.8 Å². The fourth-order valence-electron chi connectivity index (χ4n) is 2.21. The standard InChI is InChI=1S/C13H18ClN3O2S/c1-3-17-12-5-4-9(14)8-11(12)16-13(17)10(15)6-7-20(2,18)19/h4-5,8,10H,3,6-7,15H2,1-2H3. The van der Waals surface area contributed by atoms with E-state index < -0.39 is 15.9 Å². The van der Waals surface area contributed by atoms with E-state index in [0.717, 1.165) is 17.6 Å². The van der Waals surface area contributed by atoms with Crippen molar-refractivity contribution in [1.82, 2.24) is 9.55 Å². The monoisotopic (exact) mass is 315 g/mol. The zero-order chi connectivity index (χ0) is 14.9. The predicted octanol–water partition coefficient (Wildman–Crippen LogP) is 2.14. The Labute approximate surface area is 123 Å². The average molecular weight is 316 g/mol. The number of aromatic nitrogens is 2. The van der Waals surface area contributed by atoms with Gasteiger partial charge in [0.2, 0.25) is 0 Å². The van der Waals surface area contributed by atoms with E-state index in [2.05, 4.69) is 4.98 Å². The lowest BCUT2D eigenvalue weighted by atomic mass is 10.2. The Bertz CT molecular complexity index is 725. The van der Waals surface area contributed by atoms with Crippen LogP contribution in [0.3, 0.4) is 0 Å². The molecule has 20 heavy (non-hydrogen) atoms. The van der Waals surface area contributed by atoms with Crippen LogP contribution >= 0.6 is 11.6 Å². The van der Waals surface area contributed by atoms with Gasteiger partial charge in [0.1, 0.15) is 15.7 Å². The van der Waals surface area contributed by atoms with Gasteiger partial charge in [-0.05, 0) is 31.5 Å². The molecule has 0 saturated carbocycles. The maximum absolute atomic E-state index is 11.2. The maximum atomic E-state index is 11.2. The largest absolute Gasteiger partial charge is 0.327 e. The molecule has 0 aliphatic rings. The molecule has 110 valence electrons. The van der Waals surface area contributed by atoms with Crippen LogP contribution in [0, 0.1) is 0 Å². The van der Waals surface area contributed by atoms with E-state index in [9.17, 15) is 8.42 Å². The highest BCUT2D eigenvalue weighted by Crippen LogP contribution is 2.24. The number of benzene rings is 1. The summed E-state index contributed by atoms with van der Waals surface area (Å²) in [5.41, 5.74) is 7.84. The van der Waals surface area contributed by atoms with Gasteiger partial charge < -0.3 is 10.3 Å². The maximum Gasteiger partial charge on any atom is 0.147 e. The lowest BCUT2D eigenvalue weighted by molar-refractivity contribution is 0.573. The summed E-state index contributed by atoms with van der Waals surface area (Å²) in [4.78, 5) is 4.50. The Morgan fingerprint density at radius 1 is 1.45 bits per heavy atom. The molecule has 2 N–H and O–H groups in total. The van der Waals surface area contributed by atoms with Gasteiger partial charge in [-0.25, -0.2) is 13.4 Å². The van der Waals surface area contributed by atoms with Crippen molar-refractivity contribution in [2.45, 2.75) is 25.9 Å². The third-order valence-electron chi connectivity index (χ3n) is 3.19. The second-order valence-electron chi connectivity index (χ2n) is 4.87. The smallest absolute Gasteiger partial charge is 0.147 e. The van der Waals surface area contributed by atoms with Crippen molar-refractivity contribution in [3.63, 3.8) is 0 Å². The zero-order valence-corrected chi connectivity index (χ0v) is 13.1. The van der Waals surface area contributed by atoms with Crippen LogP contribution in [0.5, 0.6) is 0 Å². The second kappa shape index (κ2) is 5.71. The van der Waals surface area contributed by atoms with Crippen LogP contribution in [0.1, 0.15) is 25.2 Å². The van der Waals surface area contributed by atoms with E-state index in [0.29, 0.717) is 17.3 Å². The Balaban J connectivity index is 2.38. The topological polar surface area (TPSA) is 78.0 Å². The number of aryl methyl sites for hydroxylation is 1. The minimum absolute atomic E-state index is 0.0574. The van der Waals surface area contributed by atoms with E-state index in [1.54, 1.807) is 6.07 Å². The van der Waals surface area contributed by atoms with Crippen LogP contribution in [-0.4, -0.2) is 30.0 Å². The Morgan fingerprint density at radius 2 is 2.15 bits per heavy atom. The Morgan fingerprint density at radius 3 is 2.75 bits per heavy atom. The normalized spacial score (nSPS) is 13.8. The molecule has 1 aromatic carbocycles. The minimum atomic E-state index is -3.02. The fraction of sp³-hybridized carbons (Fsp3) is 0.462. The van der Waals surface area contributed by atoms with E-state index in [4.69, 9.17) is 17.3 Å². The Hall–Kier alpha value is -1.11. The number of imidazole rings is 1. The molecule has 0 saturated heterocycles. The van der Waals surface area contributed by atoms with Crippen molar-refractivity contribution in [3.8, 4) is 0 Å². The minimum Gasteiger partial charge on any atom is -0.327 e. The highest BCUT2D eigenvalue weighted by Gasteiger charge is 2.18. The summed E-state index contributed by atoms with van der Waals surface area (Å²) in [5, 5.41) is 0.620. The number of rotatable bonds is 5. The van der Waals surface area contributed by atoms with E-state index in [-0.39, 0.29) is 5.75 Å². The molecule has 5 nitrogen and oxygen atoms in total. The lowest BCUT2D eigenvalue weighted by Gasteiger charge is -2.12. The summed E-state index contributed by atoms with van der Waals surface area (Å²) in [6.45, 7) is 2.72. The third kappa shape index (κ3) is 3.31. The van der Waals surface area contributed by atoms with Crippen LogP contribution < -0.4 is 5.73 Å². The van der Waals surface area contributed by atoms with Gasteiger partial charge in [0.25, 0.3) is 0 Å². The molecule has 0 bridgehead atoms. The summed E-state index contributed by atoms with van der Waals surface area (Å²) in [6.07, 6.45) is 1.57. The first-order valence-corrected chi connectivity index (χ1v) is 8.84. The van der Waals surface area contributed by atoms with Gasteiger partial charge in [-0.15, -0.1) is 0 Å². The van der Waals surface area contributed by atoms with Gasteiger partial charge in [0.05, 0.1) is 22.8 Å². The number of fused-ring (bicyclic) bond motifs is 1. The third-order valence-corrected chi connectivity index (χ3v) is 4.40. The molecule has 0 aliphatic carbocycles. The van der Waals surface area contributed by atoms with Crippen molar-refractivity contribution in [1.29, 1.82) is 0 Å². The van der Waals surface area contributed by atoms with Crippen molar-refractivity contribution in [2.24, 2.45) is 5.73 Å². The number of sulfone groups is 1. The molecule has 2 rings (SSSR count). The van der Waals surface area contributed by atoms with Crippen LogP contribution in [0.15, 0.2) is 18.2 Å². The quantitative estimate of drug-likeness (QED) is 0.917. The molecule has 0 aliphatic heterocycles. The number of nitrogens with two attached hydrogens (primary N) is 1. The van der Waals surface area contributed by atoms with Crippen LogP contribution in [0.25, 0.3) is 11.0 Å². The molecule has 7 heteroatoms. The summed E-state index contributed by atoms with van der Waals surface area (Å²) in [7, 11) is -3.02. The highest BCUT2D eigenvalue weighted by atomic mass is 35.5. The van der Waals surface area contributed by atoms with Gasteiger partial charge in [-0.1, -0.05) is 11.6 Å². The predicted molar refractivity (Wildman–Crippen MR) is 81.7 cm³/mol. The van der Waals surface area contributed by atoms with Gasteiger partial charge in [-0.2, -0.15) is 0 Å². The SMILES string of the molecule is CCn1c(C(N)CCS(C)(=O)=O)nc2cc(Cl)ccc21. The van der Waals surface area contributed by atoms with Crippen LogP contribution in [0.2, 0.25) is 5.02 Å². The molecular weight excluding hydrogens is 298 g/mol. The van der Waals surface area contributed by atoms with E-state index in [1.807, 2.05) is 23.6 Å². The lowest BCUT2D eigenvalue weighted by Crippen LogP contribution is -2.19. The number of nitrogens with zero attached hydrogens (tertiary/aromatic N) is 2. The second-order valence-corrected chi connectivity index (χ2v) is 7.57. The van der Waals surface area contributed by atoms with E-state index >= 15 is 0 Å². The molecule has 2 aromatic rings. The van der Waals surface area contributed by atoms with Crippen molar-refractivity contribution in [3.05, 3.63) is 29.0 Å². The van der Waals surface area contributed by atoms with Crippen LogP contribution in [0.4, 0.5) is 0 Å². The molecule has 0 spiro atoms. The molecular formula is C13H18ClN3O2S. The zero-order valence-electron chi connectivity index (χ0n) is 11.5. The summed E-state index contributed by atoms with van der Waals surface area (Å²) < 4.78 is 24.5. The number of hydrogen-bond acceptors (Lipinski definition) is 4. The first-order valence-electron chi connectivity index (χ1n) is 6.41. The first-order chi connectivity index (χ1) is 9.31. The van der Waals surface area contributed by atoms with Crippen LogP contribution in [-0.2, 0) is 16.4 Å². The van der Waals surface area contributed by atoms with E-state index in [1.165, 1.54) is 6.26 Å². The van der Waals surface area contributed by atoms with Crippen molar-refractivity contribution >= 4 is 32.5 Å². The van der Waals surface area contributed by atoms with Gasteiger partial charge >= 0.3 is 0 Å². The summed E-state index contributed by atoms with van der Waals surface area (Å²) >= 11 is 5.96. The highest BCUT2D eigenvalue weighted by molar-refractivity contribution is 7.90. The number of halogens is 1. The van der Waals surface area contributed by atoms with Crippen molar-refractivity contribution < 1.29 is 8.42 Å².